The van der Waals surface area contributed by atoms with Crippen molar-refractivity contribution in [2.24, 2.45) is 4.99 Å². The van der Waals surface area contributed by atoms with Gasteiger partial charge in [0.15, 0.2) is 5.96 Å². The Hall–Kier alpha value is -1.86. The lowest BCUT2D eigenvalue weighted by Crippen LogP contribution is -2.53. The Morgan fingerprint density at radius 1 is 1.19 bits per heavy atom. The van der Waals surface area contributed by atoms with Crippen LogP contribution in [0.3, 0.4) is 0 Å². The van der Waals surface area contributed by atoms with Crippen LogP contribution in [-0.4, -0.2) is 68.1 Å². The number of rotatable bonds is 8. The van der Waals surface area contributed by atoms with E-state index in [1.807, 2.05) is 38.1 Å². The lowest BCUT2D eigenvalue weighted by molar-refractivity contribution is 0.259. The van der Waals surface area contributed by atoms with Crippen molar-refractivity contribution in [1.82, 2.24) is 19.7 Å². The fourth-order valence-electron chi connectivity index (χ4n) is 3.28. The summed E-state index contributed by atoms with van der Waals surface area (Å²) in [5.74, 6) is 1.46. The van der Waals surface area contributed by atoms with Crippen molar-refractivity contribution in [2.45, 2.75) is 26.1 Å². The quantitative estimate of drug-likeness (QED) is 0.299. The normalized spacial score (nSPS) is 15.4. The zero-order valence-electron chi connectivity index (χ0n) is 17.9. The third kappa shape index (κ3) is 7.07. The fraction of sp³-hybridized carbons (Fsp3) is 0.500. The maximum absolute atomic E-state index is 12.6. The first-order valence-electron chi connectivity index (χ1n) is 10.1. The van der Waals surface area contributed by atoms with Gasteiger partial charge < -0.3 is 19.5 Å². The summed E-state index contributed by atoms with van der Waals surface area (Å²) in [7, 11) is -3.43. The molecule has 0 spiro atoms. The number of aromatic nitrogens is 1. The van der Waals surface area contributed by atoms with E-state index in [2.05, 4.69) is 15.4 Å². The van der Waals surface area contributed by atoms with Gasteiger partial charge in [-0.3, -0.25) is 0 Å². The standard InChI is InChI=1S/C20H29N5O4S.HI/c1-3-21-20(22-15-17-7-5-6-8-19(17)28-4-2)24-10-12-25(13-11-24)30(26,27)16-18-9-14-29-23-18;/h5-9,14H,3-4,10-13,15-16H2,1-2H3,(H,21,22);1H. The summed E-state index contributed by atoms with van der Waals surface area (Å²) in [6, 6.07) is 9.44. The molecule has 0 saturated carbocycles. The predicted octanol–water partition coefficient (Wildman–Crippen LogP) is 2.30. The highest BCUT2D eigenvalue weighted by atomic mass is 127. The molecule has 1 aliphatic heterocycles. The number of aliphatic imine (C=N–C) groups is 1. The summed E-state index contributed by atoms with van der Waals surface area (Å²) in [4.78, 5) is 6.85. The van der Waals surface area contributed by atoms with Crippen LogP contribution in [0.5, 0.6) is 5.75 Å². The van der Waals surface area contributed by atoms with Crippen molar-refractivity contribution in [3.63, 3.8) is 0 Å². The smallest absolute Gasteiger partial charge is 0.220 e. The molecular formula is C20H30IN5O4S. The highest BCUT2D eigenvalue weighted by Crippen LogP contribution is 2.19. The molecule has 9 nitrogen and oxygen atoms in total. The van der Waals surface area contributed by atoms with Gasteiger partial charge in [-0.05, 0) is 19.9 Å². The number of benzene rings is 1. The van der Waals surface area contributed by atoms with Crippen molar-refractivity contribution in [1.29, 1.82) is 0 Å². The maximum atomic E-state index is 12.6. The second-order valence-corrected chi connectivity index (χ2v) is 8.81. The Morgan fingerprint density at radius 3 is 2.58 bits per heavy atom. The van der Waals surface area contributed by atoms with Crippen LogP contribution in [0.4, 0.5) is 0 Å². The Morgan fingerprint density at radius 2 is 1.94 bits per heavy atom. The zero-order valence-corrected chi connectivity index (χ0v) is 21.0. The van der Waals surface area contributed by atoms with Crippen molar-refractivity contribution >= 4 is 40.0 Å². The van der Waals surface area contributed by atoms with E-state index in [9.17, 15) is 8.42 Å². The first-order chi connectivity index (χ1) is 14.5. The Labute approximate surface area is 200 Å². The van der Waals surface area contributed by atoms with Crippen LogP contribution in [0.15, 0.2) is 46.1 Å². The number of halogens is 1. The van der Waals surface area contributed by atoms with Crippen molar-refractivity contribution < 1.29 is 17.7 Å². The van der Waals surface area contributed by atoms with Crippen molar-refractivity contribution in [3.05, 3.63) is 47.9 Å². The monoisotopic (exact) mass is 563 g/mol. The van der Waals surface area contributed by atoms with Gasteiger partial charge in [0.1, 0.15) is 17.8 Å². The molecule has 1 aliphatic rings. The van der Waals surface area contributed by atoms with Gasteiger partial charge in [-0.15, -0.1) is 24.0 Å². The molecule has 1 saturated heterocycles. The summed E-state index contributed by atoms with van der Waals surface area (Å²) < 4.78 is 37.2. The molecule has 0 amide bonds. The number of hydrogen-bond donors (Lipinski definition) is 1. The fourth-order valence-corrected chi connectivity index (χ4v) is 4.71. The third-order valence-corrected chi connectivity index (χ3v) is 6.57. The topological polar surface area (TPSA) is 100 Å². The molecule has 1 N–H and O–H groups in total. The molecular weight excluding hydrogens is 533 g/mol. The number of piperazine rings is 1. The molecule has 1 aromatic heterocycles. The van der Waals surface area contributed by atoms with E-state index in [1.165, 1.54) is 10.6 Å². The van der Waals surface area contributed by atoms with Crippen LogP contribution in [0.2, 0.25) is 0 Å². The van der Waals surface area contributed by atoms with Crippen molar-refractivity contribution in [3.8, 4) is 5.75 Å². The first-order valence-corrected chi connectivity index (χ1v) is 11.8. The van der Waals surface area contributed by atoms with Gasteiger partial charge in [0.05, 0.1) is 18.8 Å². The number of para-hydroxylation sites is 1. The van der Waals surface area contributed by atoms with E-state index in [0.29, 0.717) is 45.0 Å². The van der Waals surface area contributed by atoms with E-state index in [-0.39, 0.29) is 29.7 Å². The number of nitrogens with zero attached hydrogens (tertiary/aromatic N) is 4. The maximum Gasteiger partial charge on any atom is 0.220 e. The Bertz CT molecular complexity index is 929. The van der Waals surface area contributed by atoms with E-state index < -0.39 is 10.0 Å². The molecule has 0 radical (unpaired) electrons. The second-order valence-electron chi connectivity index (χ2n) is 6.84. The van der Waals surface area contributed by atoms with Gasteiger partial charge in [-0.25, -0.2) is 13.4 Å². The average Bonchev–Trinajstić information content (AvgIpc) is 3.25. The molecule has 0 atom stereocenters. The highest BCUT2D eigenvalue weighted by Gasteiger charge is 2.29. The van der Waals surface area contributed by atoms with Gasteiger partial charge in [0.25, 0.3) is 0 Å². The molecule has 3 rings (SSSR count). The molecule has 2 aromatic rings. The SMILES string of the molecule is CCNC(=NCc1ccccc1OCC)N1CCN(S(=O)(=O)Cc2ccon2)CC1.I. The van der Waals surface area contributed by atoms with Crippen LogP contribution in [0.1, 0.15) is 25.1 Å². The van der Waals surface area contributed by atoms with Crippen LogP contribution < -0.4 is 10.1 Å². The zero-order chi connectivity index (χ0) is 21.4. The number of ether oxygens (including phenoxy) is 1. The van der Waals surface area contributed by atoms with E-state index in [1.54, 1.807) is 6.07 Å². The van der Waals surface area contributed by atoms with Crippen LogP contribution >= 0.6 is 24.0 Å². The largest absolute Gasteiger partial charge is 0.494 e. The van der Waals surface area contributed by atoms with Gasteiger partial charge in [-0.2, -0.15) is 4.31 Å². The number of nitrogens with one attached hydrogen (secondary N) is 1. The molecule has 31 heavy (non-hydrogen) atoms. The van der Waals surface area contributed by atoms with Gasteiger partial charge in [-0.1, -0.05) is 23.4 Å². The second kappa shape index (κ2) is 12.2. The third-order valence-electron chi connectivity index (χ3n) is 4.76. The lowest BCUT2D eigenvalue weighted by atomic mass is 10.2. The number of sulfonamides is 1. The molecule has 172 valence electrons. The predicted molar refractivity (Wildman–Crippen MR) is 130 cm³/mol. The molecule has 0 bridgehead atoms. The van der Waals surface area contributed by atoms with E-state index in [4.69, 9.17) is 14.3 Å². The van der Waals surface area contributed by atoms with Gasteiger partial charge >= 0.3 is 0 Å². The number of hydrogen-bond acceptors (Lipinski definition) is 6. The van der Waals surface area contributed by atoms with Crippen molar-refractivity contribution in [2.75, 3.05) is 39.3 Å². The highest BCUT2D eigenvalue weighted by molar-refractivity contribution is 14.0. The summed E-state index contributed by atoms with van der Waals surface area (Å²) in [6.45, 7) is 7.74. The molecule has 0 aliphatic carbocycles. The van der Waals surface area contributed by atoms with Gasteiger partial charge in [0, 0.05) is 44.4 Å². The summed E-state index contributed by atoms with van der Waals surface area (Å²) in [6.07, 6.45) is 1.38. The molecule has 11 heteroatoms. The van der Waals surface area contributed by atoms with Crippen LogP contribution in [-0.2, 0) is 22.3 Å². The Balaban J connectivity index is 0.00000341. The van der Waals surface area contributed by atoms with Crippen LogP contribution in [0, 0.1) is 0 Å². The number of guanidine groups is 1. The lowest BCUT2D eigenvalue weighted by Gasteiger charge is -2.35. The molecule has 1 aromatic carbocycles. The minimum Gasteiger partial charge on any atom is -0.494 e. The van der Waals surface area contributed by atoms with Gasteiger partial charge in [0.2, 0.25) is 10.0 Å². The molecule has 1 fully saturated rings. The Kier molecular flexibility index (Phi) is 10.0. The first kappa shape index (κ1) is 25.4. The summed E-state index contributed by atoms with van der Waals surface area (Å²) in [5, 5.41) is 7.02. The van der Waals surface area contributed by atoms with E-state index >= 15 is 0 Å². The molecule has 2 heterocycles. The van der Waals surface area contributed by atoms with Crippen LogP contribution in [0.25, 0.3) is 0 Å². The average molecular weight is 563 g/mol. The summed E-state index contributed by atoms with van der Waals surface area (Å²) >= 11 is 0. The minimum atomic E-state index is -3.43. The minimum absolute atomic E-state index is 0. The van der Waals surface area contributed by atoms with E-state index in [0.717, 1.165) is 23.8 Å². The molecule has 0 unspecified atom stereocenters. The summed E-state index contributed by atoms with van der Waals surface area (Å²) in [5.41, 5.74) is 1.43.